The number of imide groups is 1. The summed E-state index contributed by atoms with van der Waals surface area (Å²) in [6, 6.07) is 4.68. The van der Waals surface area contributed by atoms with Gasteiger partial charge in [0, 0.05) is 63.4 Å². The molecule has 1 atom stereocenters. The average molecular weight is 570 g/mol. The van der Waals surface area contributed by atoms with Gasteiger partial charge in [0.1, 0.15) is 11.6 Å². The number of hydrogen-bond acceptors (Lipinski definition) is 7. The summed E-state index contributed by atoms with van der Waals surface area (Å²) in [4.78, 5) is 52.8. The summed E-state index contributed by atoms with van der Waals surface area (Å²) >= 11 is 0. The number of piperidine rings is 1. The van der Waals surface area contributed by atoms with Crippen molar-refractivity contribution < 1.29 is 33.4 Å². The highest BCUT2D eigenvalue weighted by molar-refractivity contribution is 6.05. The Hall–Kier alpha value is -3.42. The van der Waals surface area contributed by atoms with Crippen molar-refractivity contribution in [1.29, 1.82) is 0 Å². The molecule has 224 valence electrons. The molecule has 0 saturated carbocycles. The van der Waals surface area contributed by atoms with E-state index >= 15 is 0 Å². The van der Waals surface area contributed by atoms with Gasteiger partial charge >= 0.3 is 6.09 Å². The second-order valence-corrected chi connectivity index (χ2v) is 11.2. The minimum atomic E-state index is -0.674. The first-order chi connectivity index (χ1) is 19.6. The second-order valence-electron chi connectivity index (χ2n) is 11.2. The predicted molar refractivity (Wildman–Crippen MR) is 153 cm³/mol. The van der Waals surface area contributed by atoms with Gasteiger partial charge in [-0.25, -0.2) is 4.79 Å². The molecule has 1 saturated heterocycles. The summed E-state index contributed by atoms with van der Waals surface area (Å²) in [6.45, 7) is 11.0. The van der Waals surface area contributed by atoms with Crippen LogP contribution < -0.4 is 5.32 Å². The maximum atomic E-state index is 13.0. The van der Waals surface area contributed by atoms with Crippen LogP contribution in [0, 0.1) is 11.8 Å². The molecular weight excluding hydrogens is 526 g/mol. The SMILES string of the molecule is CCCCOCCCOCCN(CCC#Cc1cccc2c1CN(C1CCC(=O)NC1=O)C2=O)C(=O)OC(C)(C)C. The van der Waals surface area contributed by atoms with Crippen molar-refractivity contribution in [2.45, 2.75) is 84.4 Å². The lowest BCUT2D eigenvalue weighted by atomic mass is 10.0. The zero-order valence-electron chi connectivity index (χ0n) is 24.8. The van der Waals surface area contributed by atoms with E-state index in [1.54, 1.807) is 17.0 Å². The zero-order valence-corrected chi connectivity index (χ0v) is 24.8. The predicted octanol–water partition coefficient (Wildman–Crippen LogP) is 3.65. The smallest absolute Gasteiger partial charge is 0.410 e. The van der Waals surface area contributed by atoms with E-state index in [0.29, 0.717) is 56.9 Å². The maximum Gasteiger partial charge on any atom is 0.410 e. The van der Waals surface area contributed by atoms with E-state index in [-0.39, 0.29) is 24.8 Å². The van der Waals surface area contributed by atoms with E-state index in [0.717, 1.165) is 31.4 Å². The number of fused-ring (bicyclic) bond motifs is 1. The van der Waals surface area contributed by atoms with Crippen LogP contribution in [0.5, 0.6) is 0 Å². The van der Waals surface area contributed by atoms with Gasteiger partial charge < -0.3 is 24.0 Å². The monoisotopic (exact) mass is 569 g/mol. The molecule has 1 fully saturated rings. The highest BCUT2D eigenvalue weighted by Gasteiger charge is 2.39. The Morgan fingerprint density at radius 3 is 2.51 bits per heavy atom. The van der Waals surface area contributed by atoms with Crippen LogP contribution in [0.25, 0.3) is 0 Å². The Bertz CT molecular complexity index is 1150. The van der Waals surface area contributed by atoms with Crippen LogP contribution >= 0.6 is 0 Å². The van der Waals surface area contributed by atoms with E-state index in [1.165, 1.54) is 4.90 Å². The summed E-state index contributed by atoms with van der Waals surface area (Å²) in [5.41, 5.74) is 1.37. The zero-order chi connectivity index (χ0) is 29.8. The number of carbonyl (C=O) groups excluding carboxylic acids is 4. The number of rotatable bonds is 13. The van der Waals surface area contributed by atoms with Gasteiger partial charge in [0.05, 0.1) is 6.61 Å². The van der Waals surface area contributed by atoms with Gasteiger partial charge in [0.25, 0.3) is 5.91 Å². The van der Waals surface area contributed by atoms with Crippen molar-refractivity contribution in [3.05, 3.63) is 34.9 Å². The molecule has 2 heterocycles. The van der Waals surface area contributed by atoms with Gasteiger partial charge in [-0.05, 0) is 57.7 Å². The molecular formula is C31H43N3O7. The molecule has 1 aromatic carbocycles. The van der Waals surface area contributed by atoms with Crippen LogP contribution in [0.3, 0.4) is 0 Å². The molecule has 4 amide bonds. The highest BCUT2D eigenvalue weighted by Crippen LogP contribution is 2.29. The number of amides is 4. The molecule has 0 bridgehead atoms. The van der Waals surface area contributed by atoms with Crippen molar-refractivity contribution in [2.24, 2.45) is 0 Å². The summed E-state index contributed by atoms with van der Waals surface area (Å²) in [5, 5.41) is 2.32. The van der Waals surface area contributed by atoms with E-state index in [9.17, 15) is 19.2 Å². The molecule has 10 heteroatoms. The third-order valence-corrected chi connectivity index (χ3v) is 6.69. The van der Waals surface area contributed by atoms with Gasteiger partial charge in [-0.2, -0.15) is 0 Å². The summed E-state index contributed by atoms with van der Waals surface area (Å²) in [7, 11) is 0. The summed E-state index contributed by atoms with van der Waals surface area (Å²) < 4.78 is 16.8. The molecule has 0 aromatic heterocycles. The lowest BCUT2D eigenvalue weighted by Crippen LogP contribution is -2.52. The Labute approximate surface area is 243 Å². The van der Waals surface area contributed by atoms with Crippen molar-refractivity contribution in [2.75, 3.05) is 39.5 Å². The molecule has 1 unspecified atom stereocenters. The largest absolute Gasteiger partial charge is 0.444 e. The second kappa shape index (κ2) is 15.5. The summed E-state index contributed by atoms with van der Waals surface area (Å²) in [6.07, 6.45) is 3.46. The average Bonchev–Trinajstić information content (AvgIpc) is 3.24. The Balaban J connectivity index is 1.56. The molecule has 2 aliphatic rings. The lowest BCUT2D eigenvalue weighted by molar-refractivity contribution is -0.136. The Morgan fingerprint density at radius 1 is 1.07 bits per heavy atom. The molecule has 1 aromatic rings. The van der Waals surface area contributed by atoms with Gasteiger partial charge in [-0.1, -0.05) is 31.3 Å². The molecule has 1 N–H and O–H groups in total. The fourth-order valence-corrected chi connectivity index (χ4v) is 4.56. The lowest BCUT2D eigenvalue weighted by Gasteiger charge is -2.29. The van der Waals surface area contributed by atoms with E-state index in [4.69, 9.17) is 14.2 Å². The fourth-order valence-electron chi connectivity index (χ4n) is 4.56. The highest BCUT2D eigenvalue weighted by atomic mass is 16.6. The van der Waals surface area contributed by atoms with Crippen LogP contribution in [0.4, 0.5) is 4.79 Å². The first-order valence-electron chi connectivity index (χ1n) is 14.5. The standard InChI is InChI=1S/C31H43N3O7/c1-5-6-18-39-19-10-20-40-21-17-33(30(38)41-31(2,3)4)16-8-7-11-23-12-9-13-24-25(23)22-34(29(24)37)26-14-15-27(35)32-28(26)36/h9,12-13,26H,5-6,8,10,14-22H2,1-4H3,(H,32,35,36). The Morgan fingerprint density at radius 2 is 1.80 bits per heavy atom. The fraction of sp³-hybridized carbons (Fsp3) is 0.613. The number of ether oxygens (including phenoxy) is 3. The maximum absolute atomic E-state index is 13.0. The molecule has 41 heavy (non-hydrogen) atoms. The molecule has 10 nitrogen and oxygen atoms in total. The summed E-state index contributed by atoms with van der Waals surface area (Å²) in [5.74, 6) is 5.28. The minimum absolute atomic E-state index is 0.204. The van der Waals surface area contributed by atoms with E-state index in [2.05, 4.69) is 24.1 Å². The molecule has 0 radical (unpaired) electrons. The normalized spacial score (nSPS) is 16.6. The number of hydrogen-bond donors (Lipinski definition) is 1. The van der Waals surface area contributed by atoms with Gasteiger partial charge in [-0.3, -0.25) is 19.7 Å². The van der Waals surface area contributed by atoms with Crippen molar-refractivity contribution in [3.63, 3.8) is 0 Å². The Kier molecular flexibility index (Phi) is 12.2. The first kappa shape index (κ1) is 32.1. The van der Waals surface area contributed by atoms with Crippen LogP contribution in [0.2, 0.25) is 0 Å². The number of nitrogens with one attached hydrogen (secondary N) is 1. The molecule has 3 rings (SSSR count). The van der Waals surface area contributed by atoms with Crippen LogP contribution in [0.1, 0.15) is 87.7 Å². The molecule has 2 aliphatic heterocycles. The van der Waals surface area contributed by atoms with Crippen molar-refractivity contribution in [3.8, 4) is 11.8 Å². The first-order valence-corrected chi connectivity index (χ1v) is 14.5. The quantitative estimate of drug-likeness (QED) is 0.219. The van der Waals surface area contributed by atoms with Crippen LogP contribution in [0.15, 0.2) is 18.2 Å². The number of unbranched alkanes of at least 4 members (excludes halogenated alkanes) is 1. The number of benzene rings is 1. The third kappa shape index (κ3) is 9.87. The topological polar surface area (TPSA) is 114 Å². The van der Waals surface area contributed by atoms with E-state index in [1.807, 2.05) is 26.8 Å². The minimum Gasteiger partial charge on any atom is -0.444 e. The third-order valence-electron chi connectivity index (χ3n) is 6.69. The van der Waals surface area contributed by atoms with Gasteiger partial charge in [-0.15, -0.1) is 0 Å². The van der Waals surface area contributed by atoms with E-state index < -0.39 is 23.6 Å². The van der Waals surface area contributed by atoms with Crippen molar-refractivity contribution in [1.82, 2.24) is 15.1 Å². The van der Waals surface area contributed by atoms with Crippen LogP contribution in [-0.2, 0) is 30.3 Å². The number of carbonyl (C=O) groups is 4. The molecule has 0 spiro atoms. The molecule has 0 aliphatic carbocycles. The van der Waals surface area contributed by atoms with Crippen LogP contribution in [-0.4, -0.2) is 84.8 Å². The number of nitrogens with zero attached hydrogens (tertiary/aromatic N) is 2. The van der Waals surface area contributed by atoms with Crippen molar-refractivity contribution >= 4 is 23.8 Å². The van der Waals surface area contributed by atoms with Gasteiger partial charge in [0.15, 0.2) is 0 Å². The van der Waals surface area contributed by atoms with Gasteiger partial charge in [0.2, 0.25) is 11.8 Å².